The molecule has 0 N–H and O–H groups in total. The summed E-state index contributed by atoms with van der Waals surface area (Å²) < 4.78 is 46.8. The van der Waals surface area contributed by atoms with Gasteiger partial charge in [0.1, 0.15) is 10.8 Å². The lowest BCUT2D eigenvalue weighted by Gasteiger charge is -2.32. The van der Waals surface area contributed by atoms with Crippen molar-refractivity contribution in [2.24, 2.45) is 5.92 Å². The highest BCUT2D eigenvalue weighted by Gasteiger charge is 2.31. The molecular formula is C34H33ClF3N3O3S. The molecule has 1 fully saturated rings. The van der Waals surface area contributed by atoms with Gasteiger partial charge in [0.05, 0.1) is 40.4 Å². The fraction of sp³-hybridized carbons (Fsp3) is 0.324. The number of rotatable bonds is 7. The molecule has 2 aromatic carbocycles. The number of halogens is 4. The Morgan fingerprint density at radius 2 is 1.89 bits per heavy atom. The number of hydrogen-bond donors (Lipinski definition) is 0. The molecule has 1 aliphatic rings. The van der Waals surface area contributed by atoms with Crippen LogP contribution in [0.5, 0.6) is 5.75 Å². The Morgan fingerprint density at radius 3 is 2.53 bits per heavy atom. The third-order valence-corrected chi connectivity index (χ3v) is 8.65. The standard InChI is InChI=1S/C34H33ClF3N3O3S/c1-5-44-30-13-12-24(35)16-29(30)41-28(15-20(2)3)25(32(42)40-14-6-7-21(4)18-40)17-26(33(41)43)31-39-27(19-45-31)22-8-10-23(11-9-22)34(36,37)38/h8-13,15-17,19,21H,5-7,14,18H2,1-4H3/t21-/m0/s1. The predicted molar refractivity (Wildman–Crippen MR) is 173 cm³/mol. The average molecular weight is 656 g/mol. The van der Waals surface area contributed by atoms with Crippen LogP contribution in [0.4, 0.5) is 13.2 Å². The minimum absolute atomic E-state index is 0.180. The monoisotopic (exact) mass is 655 g/mol. The Hall–Kier alpha value is -3.89. The van der Waals surface area contributed by atoms with Crippen LogP contribution in [0.3, 0.4) is 0 Å². The lowest BCUT2D eigenvalue weighted by Crippen LogP contribution is -2.40. The van der Waals surface area contributed by atoms with E-state index in [9.17, 15) is 22.8 Å². The molecule has 0 radical (unpaired) electrons. The fourth-order valence-electron chi connectivity index (χ4n) is 5.46. The Balaban J connectivity index is 1.75. The van der Waals surface area contributed by atoms with E-state index in [1.54, 1.807) is 35.7 Å². The summed E-state index contributed by atoms with van der Waals surface area (Å²) in [6.45, 7) is 9.25. The first kappa shape index (κ1) is 32.5. The quantitative estimate of drug-likeness (QED) is 0.199. The summed E-state index contributed by atoms with van der Waals surface area (Å²) in [4.78, 5) is 35.2. The molecule has 3 heterocycles. The van der Waals surface area contributed by atoms with E-state index in [1.165, 1.54) is 28.0 Å². The van der Waals surface area contributed by atoms with Crippen molar-refractivity contribution >= 4 is 34.9 Å². The molecule has 1 amide bonds. The van der Waals surface area contributed by atoms with Gasteiger partial charge in [0.25, 0.3) is 11.5 Å². The zero-order valence-electron chi connectivity index (χ0n) is 25.4. The molecule has 45 heavy (non-hydrogen) atoms. The fourth-order valence-corrected chi connectivity index (χ4v) is 6.46. The first-order valence-corrected chi connectivity index (χ1v) is 15.9. The molecule has 5 rings (SSSR count). The second kappa shape index (κ2) is 13.2. The maximum absolute atomic E-state index is 14.5. The number of pyridine rings is 1. The number of piperidine rings is 1. The normalized spacial score (nSPS) is 15.2. The smallest absolute Gasteiger partial charge is 0.416 e. The molecule has 2 aromatic heterocycles. The van der Waals surface area contributed by atoms with Crippen molar-refractivity contribution in [2.45, 2.75) is 46.7 Å². The van der Waals surface area contributed by atoms with E-state index in [-0.39, 0.29) is 11.5 Å². The van der Waals surface area contributed by atoms with E-state index in [2.05, 4.69) is 11.9 Å². The topological polar surface area (TPSA) is 64.4 Å². The highest BCUT2D eigenvalue weighted by atomic mass is 35.5. The van der Waals surface area contributed by atoms with E-state index in [1.807, 2.05) is 25.7 Å². The van der Waals surface area contributed by atoms with Crippen molar-refractivity contribution in [3.8, 4) is 33.3 Å². The number of nitrogens with zero attached hydrogens (tertiary/aromatic N) is 3. The van der Waals surface area contributed by atoms with Crippen LogP contribution in [0.25, 0.3) is 33.6 Å². The summed E-state index contributed by atoms with van der Waals surface area (Å²) in [7, 11) is 0. The van der Waals surface area contributed by atoms with Crippen molar-refractivity contribution in [2.75, 3.05) is 19.7 Å². The molecule has 0 aliphatic carbocycles. The minimum atomic E-state index is -4.46. The average Bonchev–Trinajstić information content (AvgIpc) is 3.48. The number of benzene rings is 2. The van der Waals surface area contributed by atoms with Crippen molar-refractivity contribution in [3.63, 3.8) is 0 Å². The first-order chi connectivity index (χ1) is 21.4. The van der Waals surface area contributed by atoms with Crippen LogP contribution in [0, 0.1) is 5.92 Å². The third kappa shape index (κ3) is 7.02. The second-order valence-corrected chi connectivity index (χ2v) is 12.7. The Kier molecular flexibility index (Phi) is 9.55. The lowest BCUT2D eigenvalue weighted by atomic mass is 9.98. The van der Waals surface area contributed by atoms with Gasteiger partial charge in [0, 0.05) is 29.1 Å². The summed E-state index contributed by atoms with van der Waals surface area (Å²) in [5.74, 6) is 0.547. The molecule has 1 aliphatic heterocycles. The molecule has 1 saturated heterocycles. The Labute approximate surface area is 268 Å². The van der Waals surface area contributed by atoms with Crippen molar-refractivity contribution < 1.29 is 22.7 Å². The van der Waals surface area contributed by atoms with Crippen LogP contribution in [-0.2, 0) is 6.18 Å². The van der Waals surface area contributed by atoms with Crippen molar-refractivity contribution in [1.82, 2.24) is 14.5 Å². The van der Waals surface area contributed by atoms with Crippen LogP contribution >= 0.6 is 22.9 Å². The van der Waals surface area contributed by atoms with Crippen LogP contribution in [0.2, 0.25) is 5.02 Å². The Bertz CT molecular complexity index is 1810. The lowest BCUT2D eigenvalue weighted by molar-refractivity contribution is -0.137. The first-order valence-electron chi connectivity index (χ1n) is 14.7. The zero-order chi connectivity index (χ0) is 32.5. The van der Waals surface area contributed by atoms with Gasteiger partial charge < -0.3 is 9.64 Å². The Morgan fingerprint density at radius 1 is 1.16 bits per heavy atom. The summed E-state index contributed by atoms with van der Waals surface area (Å²) >= 11 is 7.62. The van der Waals surface area contributed by atoms with Gasteiger partial charge >= 0.3 is 6.18 Å². The van der Waals surface area contributed by atoms with Gasteiger partial charge in [-0.3, -0.25) is 14.2 Å². The van der Waals surface area contributed by atoms with Crippen LogP contribution in [-0.4, -0.2) is 40.1 Å². The molecule has 11 heteroatoms. The number of carbonyl (C=O) groups excluding carboxylic acids is 1. The van der Waals surface area contributed by atoms with Crippen molar-refractivity contribution in [1.29, 1.82) is 0 Å². The molecule has 4 aromatic rings. The number of amides is 1. The summed E-state index contributed by atoms with van der Waals surface area (Å²) in [6, 6.07) is 11.3. The van der Waals surface area contributed by atoms with Gasteiger partial charge in [-0.2, -0.15) is 13.2 Å². The molecule has 0 unspecified atom stereocenters. The minimum Gasteiger partial charge on any atom is -0.492 e. The number of aromatic nitrogens is 2. The molecule has 0 bridgehead atoms. The van der Waals surface area contributed by atoms with E-state index in [0.29, 0.717) is 69.6 Å². The van der Waals surface area contributed by atoms with E-state index < -0.39 is 17.3 Å². The van der Waals surface area contributed by atoms with Crippen molar-refractivity contribution in [3.05, 3.63) is 91.7 Å². The van der Waals surface area contributed by atoms with Gasteiger partial charge in [-0.15, -0.1) is 11.3 Å². The van der Waals surface area contributed by atoms with Gasteiger partial charge in [0.15, 0.2) is 0 Å². The number of thiazole rings is 1. The van der Waals surface area contributed by atoms with Gasteiger partial charge in [-0.1, -0.05) is 36.2 Å². The third-order valence-electron chi connectivity index (χ3n) is 7.54. The summed E-state index contributed by atoms with van der Waals surface area (Å²) in [6.07, 6.45) is -0.748. The summed E-state index contributed by atoms with van der Waals surface area (Å²) in [5.41, 5.74) is 1.84. The number of alkyl halides is 3. The highest BCUT2D eigenvalue weighted by molar-refractivity contribution is 7.13. The molecule has 6 nitrogen and oxygen atoms in total. The number of allylic oxidation sites excluding steroid dienone is 1. The maximum Gasteiger partial charge on any atom is 0.416 e. The highest BCUT2D eigenvalue weighted by Crippen LogP contribution is 2.35. The van der Waals surface area contributed by atoms with Crippen LogP contribution in [0.1, 0.15) is 62.2 Å². The van der Waals surface area contributed by atoms with E-state index in [0.717, 1.165) is 30.5 Å². The number of ether oxygens (including phenoxy) is 1. The molecule has 236 valence electrons. The SMILES string of the molecule is CCOc1ccc(Cl)cc1-n1c(C=C(C)C)c(C(=O)N2CCC[C@H](C)C2)cc(-c2nc(-c3ccc(C(F)(F)F)cc3)cs2)c1=O. The van der Waals surface area contributed by atoms with Crippen LogP contribution in [0.15, 0.2) is 64.3 Å². The second-order valence-electron chi connectivity index (χ2n) is 11.4. The largest absolute Gasteiger partial charge is 0.492 e. The zero-order valence-corrected chi connectivity index (χ0v) is 26.9. The molecule has 1 atom stereocenters. The number of hydrogen-bond acceptors (Lipinski definition) is 5. The molecule has 0 spiro atoms. The summed E-state index contributed by atoms with van der Waals surface area (Å²) in [5, 5.41) is 2.39. The molecular weight excluding hydrogens is 623 g/mol. The van der Waals surface area contributed by atoms with Gasteiger partial charge in [0.2, 0.25) is 0 Å². The predicted octanol–water partition coefficient (Wildman–Crippen LogP) is 8.99. The van der Waals surface area contributed by atoms with Gasteiger partial charge in [-0.05, 0) is 82.0 Å². The van der Waals surface area contributed by atoms with E-state index in [4.69, 9.17) is 16.3 Å². The van der Waals surface area contributed by atoms with Gasteiger partial charge in [-0.25, -0.2) is 4.98 Å². The molecule has 0 saturated carbocycles. The number of carbonyl (C=O) groups is 1. The van der Waals surface area contributed by atoms with E-state index >= 15 is 0 Å². The number of likely N-dealkylation sites (tertiary alicyclic amines) is 1. The van der Waals surface area contributed by atoms with Crippen LogP contribution < -0.4 is 10.3 Å². The maximum atomic E-state index is 14.5.